The van der Waals surface area contributed by atoms with Crippen LogP contribution in [0.25, 0.3) is 11.3 Å². The highest BCUT2D eigenvalue weighted by molar-refractivity contribution is 7.14. The van der Waals surface area contributed by atoms with E-state index < -0.39 is 0 Å². The van der Waals surface area contributed by atoms with E-state index in [2.05, 4.69) is 15.6 Å². The minimum absolute atomic E-state index is 0.115. The van der Waals surface area contributed by atoms with Crippen LogP contribution in [0.3, 0.4) is 0 Å². The maximum Gasteiger partial charge on any atom is 0.257 e. The third-order valence-corrected chi connectivity index (χ3v) is 4.48. The van der Waals surface area contributed by atoms with Crippen molar-refractivity contribution in [2.75, 3.05) is 17.7 Å². The van der Waals surface area contributed by atoms with Crippen molar-refractivity contribution in [3.05, 3.63) is 65.0 Å². The highest BCUT2D eigenvalue weighted by Crippen LogP contribution is 2.26. The smallest absolute Gasteiger partial charge is 0.257 e. The van der Waals surface area contributed by atoms with Gasteiger partial charge in [0.25, 0.3) is 5.91 Å². The lowest BCUT2D eigenvalue weighted by molar-refractivity contribution is -0.114. The molecule has 0 unspecified atom stereocenters. The summed E-state index contributed by atoms with van der Waals surface area (Å²) < 4.78 is 5.10. The fourth-order valence-corrected chi connectivity index (χ4v) is 3.24. The molecule has 0 spiro atoms. The van der Waals surface area contributed by atoms with Gasteiger partial charge >= 0.3 is 0 Å². The van der Waals surface area contributed by atoms with E-state index >= 15 is 0 Å². The molecular formula is C20H19N3O3S. The Kier molecular flexibility index (Phi) is 5.95. The Bertz CT molecular complexity index is 951. The largest absolute Gasteiger partial charge is 0.380 e. The molecule has 2 amide bonds. The number of aromatic nitrogens is 1. The Hall–Kier alpha value is -3.03. The van der Waals surface area contributed by atoms with E-state index in [-0.39, 0.29) is 11.8 Å². The molecule has 2 aromatic carbocycles. The van der Waals surface area contributed by atoms with Crippen LogP contribution >= 0.6 is 11.3 Å². The van der Waals surface area contributed by atoms with Crippen LogP contribution in [0.15, 0.2) is 53.9 Å². The van der Waals surface area contributed by atoms with Gasteiger partial charge in [0.1, 0.15) is 0 Å². The number of carbonyl (C=O) groups is 2. The highest BCUT2D eigenvalue weighted by atomic mass is 32.1. The Balaban J connectivity index is 1.69. The van der Waals surface area contributed by atoms with Crippen LogP contribution in [0, 0.1) is 0 Å². The van der Waals surface area contributed by atoms with Crippen LogP contribution in [0.2, 0.25) is 0 Å². The predicted molar refractivity (Wildman–Crippen MR) is 107 cm³/mol. The average molecular weight is 381 g/mol. The van der Waals surface area contributed by atoms with Crippen molar-refractivity contribution in [1.82, 2.24) is 4.98 Å². The summed E-state index contributed by atoms with van der Waals surface area (Å²) in [6.45, 7) is 1.92. The first-order valence-corrected chi connectivity index (χ1v) is 9.16. The van der Waals surface area contributed by atoms with Gasteiger partial charge in [-0.05, 0) is 29.8 Å². The highest BCUT2D eigenvalue weighted by Gasteiger charge is 2.11. The number of methoxy groups -OCH3 is 1. The maximum atomic E-state index is 12.4. The molecule has 0 saturated heterocycles. The van der Waals surface area contributed by atoms with Crippen LogP contribution in [0.4, 0.5) is 10.8 Å². The molecule has 0 bridgehead atoms. The fourth-order valence-electron chi connectivity index (χ4n) is 2.53. The second kappa shape index (κ2) is 8.57. The van der Waals surface area contributed by atoms with Gasteiger partial charge in [0.05, 0.1) is 12.3 Å². The van der Waals surface area contributed by atoms with Crippen molar-refractivity contribution in [3.8, 4) is 11.3 Å². The molecule has 3 aromatic rings. The van der Waals surface area contributed by atoms with E-state index in [0.717, 1.165) is 22.5 Å². The van der Waals surface area contributed by atoms with E-state index in [1.54, 1.807) is 19.2 Å². The summed E-state index contributed by atoms with van der Waals surface area (Å²) in [5.41, 5.74) is 3.89. The summed E-state index contributed by atoms with van der Waals surface area (Å²) >= 11 is 1.36. The number of amides is 2. The standard InChI is InChI=1S/C20H19N3O3S/c1-13(24)21-17-8-6-15(7-9-17)18-12-27-20(22-18)23-19(25)16-5-3-4-14(10-16)11-26-2/h3-10,12H,11H2,1-2H3,(H,21,24)(H,22,23,25). The van der Waals surface area contributed by atoms with Gasteiger partial charge in [-0.3, -0.25) is 14.9 Å². The number of ether oxygens (including phenoxy) is 1. The van der Waals surface area contributed by atoms with Crippen molar-refractivity contribution >= 4 is 34.0 Å². The minimum atomic E-state index is -0.213. The third-order valence-electron chi connectivity index (χ3n) is 3.73. The molecule has 7 heteroatoms. The van der Waals surface area contributed by atoms with E-state index in [1.165, 1.54) is 18.3 Å². The summed E-state index contributed by atoms with van der Waals surface area (Å²) in [5.74, 6) is -0.328. The first-order valence-electron chi connectivity index (χ1n) is 8.28. The van der Waals surface area contributed by atoms with Crippen molar-refractivity contribution in [1.29, 1.82) is 0 Å². The first kappa shape index (κ1) is 18.8. The summed E-state index contributed by atoms with van der Waals surface area (Å²) in [6.07, 6.45) is 0. The molecule has 1 aromatic heterocycles. The van der Waals surface area contributed by atoms with Crippen molar-refractivity contribution in [2.45, 2.75) is 13.5 Å². The van der Waals surface area contributed by atoms with Crippen molar-refractivity contribution in [2.24, 2.45) is 0 Å². The van der Waals surface area contributed by atoms with Crippen LogP contribution < -0.4 is 10.6 Å². The Morgan fingerprint density at radius 1 is 1.11 bits per heavy atom. The Morgan fingerprint density at radius 3 is 2.59 bits per heavy atom. The van der Waals surface area contributed by atoms with Gasteiger partial charge in [0.2, 0.25) is 5.91 Å². The molecule has 0 aliphatic rings. The fraction of sp³-hybridized carbons (Fsp3) is 0.150. The molecule has 0 aliphatic carbocycles. The van der Waals surface area contributed by atoms with E-state index in [9.17, 15) is 9.59 Å². The molecular weight excluding hydrogens is 362 g/mol. The number of rotatable bonds is 6. The lowest BCUT2D eigenvalue weighted by atomic mass is 10.1. The van der Waals surface area contributed by atoms with Crippen LogP contribution in [0.1, 0.15) is 22.8 Å². The monoisotopic (exact) mass is 381 g/mol. The normalized spacial score (nSPS) is 10.4. The number of nitrogens with zero attached hydrogens (tertiary/aromatic N) is 1. The van der Waals surface area contributed by atoms with Gasteiger partial charge in [-0.1, -0.05) is 24.3 Å². The molecule has 0 saturated carbocycles. The van der Waals surface area contributed by atoms with Crippen LogP contribution in [-0.2, 0) is 16.1 Å². The van der Waals surface area contributed by atoms with Gasteiger partial charge in [-0.15, -0.1) is 11.3 Å². The van der Waals surface area contributed by atoms with Gasteiger partial charge in [-0.2, -0.15) is 0 Å². The quantitative estimate of drug-likeness (QED) is 0.672. The van der Waals surface area contributed by atoms with Gasteiger partial charge < -0.3 is 10.1 Å². The molecule has 0 fully saturated rings. The molecule has 3 rings (SSSR count). The average Bonchev–Trinajstić information content (AvgIpc) is 3.11. The number of carbonyl (C=O) groups excluding carboxylic acids is 2. The van der Waals surface area contributed by atoms with Gasteiger partial charge in [0, 0.05) is 36.2 Å². The molecule has 0 atom stereocenters. The summed E-state index contributed by atoms with van der Waals surface area (Å²) in [4.78, 5) is 28.0. The molecule has 6 nitrogen and oxygen atoms in total. The third kappa shape index (κ3) is 4.99. The van der Waals surface area contributed by atoms with Gasteiger partial charge in [0.15, 0.2) is 5.13 Å². The zero-order chi connectivity index (χ0) is 19.2. The number of hydrogen-bond donors (Lipinski definition) is 2. The molecule has 0 aliphatic heterocycles. The second-order valence-electron chi connectivity index (χ2n) is 5.88. The number of thiazole rings is 1. The topological polar surface area (TPSA) is 80.3 Å². The predicted octanol–water partition coefficient (Wildman–Crippen LogP) is 4.17. The van der Waals surface area contributed by atoms with E-state index in [0.29, 0.717) is 17.3 Å². The SMILES string of the molecule is COCc1cccc(C(=O)Nc2nc(-c3ccc(NC(C)=O)cc3)cs2)c1. The summed E-state index contributed by atoms with van der Waals surface area (Å²) in [6, 6.07) is 14.7. The zero-order valence-electron chi connectivity index (χ0n) is 15.0. The van der Waals surface area contributed by atoms with Crippen molar-refractivity contribution in [3.63, 3.8) is 0 Å². The van der Waals surface area contributed by atoms with E-state index in [1.807, 2.05) is 41.8 Å². The molecule has 27 heavy (non-hydrogen) atoms. The number of benzene rings is 2. The van der Waals surface area contributed by atoms with E-state index in [4.69, 9.17) is 4.74 Å². The Morgan fingerprint density at radius 2 is 1.89 bits per heavy atom. The molecule has 2 N–H and O–H groups in total. The Labute approximate surface area is 161 Å². The second-order valence-corrected chi connectivity index (χ2v) is 6.74. The number of anilines is 2. The number of nitrogens with one attached hydrogen (secondary N) is 2. The number of hydrogen-bond acceptors (Lipinski definition) is 5. The molecule has 138 valence electrons. The van der Waals surface area contributed by atoms with Crippen LogP contribution in [-0.4, -0.2) is 23.9 Å². The molecule has 1 heterocycles. The minimum Gasteiger partial charge on any atom is -0.380 e. The van der Waals surface area contributed by atoms with Gasteiger partial charge in [-0.25, -0.2) is 4.98 Å². The zero-order valence-corrected chi connectivity index (χ0v) is 15.8. The first-order chi connectivity index (χ1) is 13.0. The lowest BCUT2D eigenvalue weighted by Gasteiger charge is -2.05. The summed E-state index contributed by atoms with van der Waals surface area (Å²) in [7, 11) is 1.62. The molecule has 0 radical (unpaired) electrons. The van der Waals surface area contributed by atoms with Crippen LogP contribution in [0.5, 0.6) is 0 Å². The maximum absolute atomic E-state index is 12.4. The van der Waals surface area contributed by atoms with Crippen molar-refractivity contribution < 1.29 is 14.3 Å². The summed E-state index contributed by atoms with van der Waals surface area (Å²) in [5, 5.41) is 7.95. The lowest BCUT2D eigenvalue weighted by Crippen LogP contribution is -2.12.